The van der Waals surface area contributed by atoms with Crippen molar-refractivity contribution in [3.63, 3.8) is 0 Å². The van der Waals surface area contributed by atoms with Gasteiger partial charge in [-0.15, -0.1) is 0 Å². The zero-order valence-corrected chi connectivity index (χ0v) is 14.7. The Morgan fingerprint density at radius 3 is 2.57 bits per heavy atom. The van der Waals surface area contributed by atoms with Gasteiger partial charge in [0.25, 0.3) is 0 Å². The van der Waals surface area contributed by atoms with E-state index < -0.39 is 0 Å². The van der Waals surface area contributed by atoms with Crippen LogP contribution in [-0.4, -0.2) is 12.8 Å². The van der Waals surface area contributed by atoms with E-state index in [4.69, 9.17) is 10.7 Å². The van der Waals surface area contributed by atoms with E-state index in [0.29, 0.717) is 24.4 Å². The van der Waals surface area contributed by atoms with E-state index in [-0.39, 0.29) is 0 Å². The van der Waals surface area contributed by atoms with Crippen LogP contribution < -0.4 is 11.3 Å². The number of aryl methyl sites for hydroxylation is 1. The van der Waals surface area contributed by atoms with E-state index in [2.05, 4.69) is 68.7 Å². The fourth-order valence-electron chi connectivity index (χ4n) is 3.35. The largest absolute Gasteiger partial charge is 0.304 e. The molecule has 0 saturated heterocycles. The molecule has 3 atom stereocenters. The summed E-state index contributed by atoms with van der Waals surface area (Å²) < 4.78 is 0. The molecule has 0 fully saturated rings. The highest BCUT2D eigenvalue weighted by Crippen LogP contribution is 2.33. The van der Waals surface area contributed by atoms with Crippen LogP contribution in [0, 0.1) is 24.7 Å². The molecule has 0 radical (unpaired) electrons. The van der Waals surface area contributed by atoms with E-state index in [0.717, 1.165) is 18.5 Å². The molecule has 0 saturated carbocycles. The molecule has 126 valence electrons. The number of hydrogen-bond donors (Lipinski definition) is 2. The van der Waals surface area contributed by atoms with Gasteiger partial charge in [0.15, 0.2) is 0 Å². The topological polar surface area (TPSA) is 59.6 Å². The Hall–Kier alpha value is -1.65. The second-order valence-corrected chi connectivity index (χ2v) is 6.68. The molecule has 4 heteroatoms. The Kier molecular flexibility index (Phi) is 6.37. The third kappa shape index (κ3) is 4.43. The summed E-state index contributed by atoms with van der Waals surface area (Å²) in [6, 6.07) is 8.60. The lowest BCUT2D eigenvalue weighted by Gasteiger charge is -2.30. The fourth-order valence-corrected chi connectivity index (χ4v) is 3.35. The third-order valence-electron chi connectivity index (χ3n) is 4.76. The quantitative estimate of drug-likeness (QED) is 0.751. The van der Waals surface area contributed by atoms with Crippen molar-refractivity contribution in [1.29, 1.82) is 0 Å². The minimum atomic E-state index is 0.359. The van der Waals surface area contributed by atoms with Crippen molar-refractivity contribution < 1.29 is 4.84 Å². The normalized spacial score (nSPS) is 20.3. The molecule has 1 aromatic carbocycles. The second-order valence-electron chi connectivity index (χ2n) is 6.68. The van der Waals surface area contributed by atoms with Gasteiger partial charge in [0, 0.05) is 12.1 Å². The number of allylic oxidation sites excluding steroid dienone is 1. The van der Waals surface area contributed by atoms with Crippen LogP contribution in [0.15, 0.2) is 34.9 Å². The first-order valence-electron chi connectivity index (χ1n) is 8.45. The van der Waals surface area contributed by atoms with Crippen molar-refractivity contribution in [1.82, 2.24) is 5.43 Å². The Morgan fingerprint density at radius 1 is 1.26 bits per heavy atom. The molecule has 0 amide bonds. The summed E-state index contributed by atoms with van der Waals surface area (Å²) in [5.41, 5.74) is 8.16. The molecule has 3 N–H and O–H groups in total. The molecule has 3 unspecified atom stereocenters. The minimum absolute atomic E-state index is 0.359. The second kappa shape index (κ2) is 8.27. The van der Waals surface area contributed by atoms with Gasteiger partial charge >= 0.3 is 0 Å². The highest BCUT2D eigenvalue weighted by atomic mass is 16.6. The molecule has 0 bridgehead atoms. The summed E-state index contributed by atoms with van der Waals surface area (Å²) in [5, 5.41) is 4.42. The zero-order chi connectivity index (χ0) is 16.8. The Labute approximate surface area is 139 Å². The number of nitrogens with zero attached hydrogens (tertiary/aromatic N) is 1. The average Bonchev–Trinajstić information content (AvgIpc) is 2.54. The highest BCUT2D eigenvalue weighted by Gasteiger charge is 2.26. The maximum atomic E-state index is 5.22. The van der Waals surface area contributed by atoms with Crippen molar-refractivity contribution in [2.24, 2.45) is 28.8 Å². The molecule has 0 aliphatic carbocycles. The lowest BCUT2D eigenvalue weighted by atomic mass is 9.78. The monoisotopic (exact) mass is 315 g/mol. The van der Waals surface area contributed by atoms with Crippen LogP contribution in [0.3, 0.4) is 0 Å². The molecule has 1 aliphatic heterocycles. The van der Waals surface area contributed by atoms with Gasteiger partial charge in [-0.3, -0.25) is 5.43 Å². The minimum Gasteiger partial charge on any atom is -0.304 e. The Balaban J connectivity index is 2.22. The van der Waals surface area contributed by atoms with Gasteiger partial charge in [-0.25, -0.2) is 5.90 Å². The van der Waals surface area contributed by atoms with Crippen molar-refractivity contribution in [3.05, 3.63) is 41.0 Å². The smallest absolute Gasteiger partial charge is 0.0704 e. The van der Waals surface area contributed by atoms with Gasteiger partial charge in [-0.2, -0.15) is 5.10 Å². The number of nitrogens with two attached hydrogens (primary N) is 1. The van der Waals surface area contributed by atoms with Gasteiger partial charge in [0.2, 0.25) is 0 Å². The average molecular weight is 315 g/mol. The SMILES string of the molecule is CCC(CC(C)CON)C1C=NNC(c2ccc(C)cc2)=C1C. The maximum absolute atomic E-state index is 5.22. The van der Waals surface area contributed by atoms with Crippen molar-refractivity contribution in [3.8, 4) is 0 Å². The summed E-state index contributed by atoms with van der Waals surface area (Å²) in [6.07, 6.45) is 4.25. The Bertz CT molecular complexity index is 562. The van der Waals surface area contributed by atoms with E-state index in [1.54, 1.807) is 0 Å². The lowest BCUT2D eigenvalue weighted by molar-refractivity contribution is 0.0956. The van der Waals surface area contributed by atoms with Crippen LogP contribution in [0.4, 0.5) is 0 Å². The van der Waals surface area contributed by atoms with E-state index in [1.807, 2.05) is 0 Å². The molecular weight excluding hydrogens is 286 g/mol. The van der Waals surface area contributed by atoms with Crippen LogP contribution in [0.2, 0.25) is 0 Å². The molecule has 4 nitrogen and oxygen atoms in total. The number of rotatable bonds is 7. The summed E-state index contributed by atoms with van der Waals surface area (Å²) in [5.74, 6) is 6.57. The van der Waals surface area contributed by atoms with Crippen molar-refractivity contribution in [2.75, 3.05) is 6.61 Å². The fraction of sp³-hybridized carbons (Fsp3) is 0.526. The Morgan fingerprint density at radius 2 is 1.96 bits per heavy atom. The molecule has 1 aliphatic rings. The summed E-state index contributed by atoms with van der Waals surface area (Å²) >= 11 is 0. The number of hydrazone groups is 1. The molecular formula is C19H29N3O. The van der Waals surface area contributed by atoms with E-state index >= 15 is 0 Å². The first-order chi connectivity index (χ1) is 11.1. The number of benzene rings is 1. The van der Waals surface area contributed by atoms with Crippen LogP contribution >= 0.6 is 0 Å². The summed E-state index contributed by atoms with van der Waals surface area (Å²) in [6.45, 7) is 9.36. The number of nitrogens with one attached hydrogen (secondary N) is 1. The highest BCUT2D eigenvalue weighted by molar-refractivity contribution is 5.78. The molecule has 0 spiro atoms. The lowest BCUT2D eigenvalue weighted by Crippen LogP contribution is -2.27. The summed E-state index contributed by atoms with van der Waals surface area (Å²) in [7, 11) is 0. The predicted octanol–water partition coefficient (Wildman–Crippen LogP) is 3.87. The molecule has 1 heterocycles. The van der Waals surface area contributed by atoms with Crippen molar-refractivity contribution in [2.45, 2.75) is 40.5 Å². The first kappa shape index (κ1) is 17.7. The molecule has 0 aromatic heterocycles. The van der Waals surface area contributed by atoms with E-state index in [9.17, 15) is 0 Å². The predicted molar refractivity (Wildman–Crippen MR) is 96.6 cm³/mol. The standard InChI is InChI=1S/C19H29N3O/c1-5-16(10-14(3)12-23-20)18-11-21-22-19(15(18)4)17-8-6-13(2)7-9-17/h6-9,11,14,16,18,22H,5,10,12,20H2,1-4H3. The zero-order valence-electron chi connectivity index (χ0n) is 14.7. The molecule has 2 rings (SSSR count). The maximum Gasteiger partial charge on any atom is 0.0704 e. The molecule has 1 aromatic rings. The van der Waals surface area contributed by atoms with Crippen LogP contribution in [0.5, 0.6) is 0 Å². The van der Waals surface area contributed by atoms with Crippen LogP contribution in [0.1, 0.15) is 44.7 Å². The van der Waals surface area contributed by atoms with Gasteiger partial charge in [-0.1, -0.05) is 50.1 Å². The van der Waals surface area contributed by atoms with Gasteiger partial charge < -0.3 is 4.84 Å². The van der Waals surface area contributed by atoms with Gasteiger partial charge in [0.1, 0.15) is 0 Å². The third-order valence-corrected chi connectivity index (χ3v) is 4.76. The van der Waals surface area contributed by atoms with Gasteiger partial charge in [0.05, 0.1) is 12.3 Å². The molecule has 23 heavy (non-hydrogen) atoms. The number of hydrogen-bond acceptors (Lipinski definition) is 4. The van der Waals surface area contributed by atoms with Crippen LogP contribution in [0.25, 0.3) is 5.70 Å². The van der Waals surface area contributed by atoms with E-state index in [1.165, 1.54) is 16.7 Å². The summed E-state index contributed by atoms with van der Waals surface area (Å²) in [4.78, 5) is 4.81. The first-order valence-corrected chi connectivity index (χ1v) is 8.45. The van der Waals surface area contributed by atoms with Crippen molar-refractivity contribution >= 4 is 11.9 Å². The van der Waals surface area contributed by atoms with Crippen LogP contribution in [-0.2, 0) is 4.84 Å². The van der Waals surface area contributed by atoms with Gasteiger partial charge in [-0.05, 0) is 43.2 Å².